The van der Waals surface area contributed by atoms with Crippen LogP contribution in [-0.2, 0) is 16.2 Å². The first-order valence-electron chi connectivity index (χ1n) is 12.1. The number of rotatable bonds is 10. The van der Waals surface area contributed by atoms with E-state index < -0.39 is 0 Å². The molecule has 0 saturated carbocycles. The van der Waals surface area contributed by atoms with Crippen molar-refractivity contribution in [3.8, 4) is 0 Å². The third-order valence-electron chi connectivity index (χ3n) is 6.37. The number of nitrogens with zero attached hydrogens (tertiary/aromatic N) is 1. The van der Waals surface area contributed by atoms with Crippen molar-refractivity contribution in [1.29, 1.82) is 0 Å². The van der Waals surface area contributed by atoms with Gasteiger partial charge in [-0.25, -0.2) is 0 Å². The van der Waals surface area contributed by atoms with Crippen molar-refractivity contribution in [2.45, 2.75) is 91.1 Å². The molecule has 0 heterocycles. The zero-order chi connectivity index (χ0) is 24.2. The van der Waals surface area contributed by atoms with Crippen molar-refractivity contribution < 1.29 is 16.2 Å². The first kappa shape index (κ1) is 27.1. The van der Waals surface area contributed by atoms with Crippen LogP contribution in [0.15, 0.2) is 36.4 Å². The first-order valence-corrected chi connectivity index (χ1v) is 12.7. The molecule has 0 aromatic heterocycles. The summed E-state index contributed by atoms with van der Waals surface area (Å²) in [6, 6.07) is 13.1. The van der Waals surface area contributed by atoms with Gasteiger partial charge in [-0.05, 0) is 0 Å². The molecule has 0 amide bonds. The van der Waals surface area contributed by atoms with Crippen LogP contribution in [0.25, 0.3) is 0 Å². The van der Waals surface area contributed by atoms with Crippen LogP contribution >= 0.6 is 0 Å². The van der Waals surface area contributed by atoms with Crippen LogP contribution in [0.3, 0.4) is 0 Å². The van der Waals surface area contributed by atoms with Crippen LogP contribution in [0, 0.1) is 0 Å². The van der Waals surface area contributed by atoms with Crippen LogP contribution in [0.1, 0.15) is 125 Å². The molecule has 4 heteroatoms. The fourth-order valence-corrected chi connectivity index (χ4v) is 5.22. The monoisotopic (exact) mass is 477 g/mol. The van der Waals surface area contributed by atoms with Crippen LogP contribution in [0.4, 0.5) is 0 Å². The normalized spacial score (nSPS) is 14.2. The first-order chi connectivity index (χ1) is 15.0. The summed E-state index contributed by atoms with van der Waals surface area (Å²) in [6.07, 6.45) is 0. The van der Waals surface area contributed by atoms with Crippen molar-refractivity contribution in [2.24, 2.45) is 11.5 Å². The Morgan fingerprint density at radius 1 is 0.594 bits per heavy atom. The molecule has 2 unspecified atom stereocenters. The molecule has 0 fully saturated rings. The van der Waals surface area contributed by atoms with Gasteiger partial charge in [-0.3, -0.25) is 0 Å². The molecule has 4 N–H and O–H groups in total. The molecule has 2 aromatic rings. The molecule has 3 nitrogen and oxygen atoms in total. The quantitative estimate of drug-likeness (QED) is 0.377. The Labute approximate surface area is 205 Å². The zero-order valence-electron chi connectivity index (χ0n) is 21.3. The second-order valence-electron chi connectivity index (χ2n) is 10.4. The number of hydrogen-bond donors (Lipinski definition) is 2. The Morgan fingerprint density at radius 2 is 0.844 bits per heavy atom. The van der Waals surface area contributed by atoms with E-state index in [2.05, 4.69) is 112 Å². The van der Waals surface area contributed by atoms with Gasteiger partial charge in [0.1, 0.15) is 0 Å². The zero-order valence-corrected chi connectivity index (χ0v) is 22.5. The predicted molar refractivity (Wildman–Crippen MR) is 135 cm³/mol. The Balaban J connectivity index is 2.29. The number of hydrogen-bond acceptors (Lipinski definition) is 3. The van der Waals surface area contributed by atoms with Crippen molar-refractivity contribution >= 4 is 0 Å². The van der Waals surface area contributed by atoms with Gasteiger partial charge in [-0.15, -0.1) is 0 Å². The molecule has 32 heavy (non-hydrogen) atoms. The molecule has 2 atom stereocenters. The van der Waals surface area contributed by atoms with E-state index >= 15 is 0 Å². The fourth-order valence-electron chi connectivity index (χ4n) is 4.76. The van der Waals surface area contributed by atoms with Gasteiger partial charge in [0.05, 0.1) is 0 Å². The molecule has 0 bridgehead atoms. The standard InChI is InChI=1S/C28H44N3.Mn/c1-17(2)21-11-9-12-22(18(3)4)27(21)25(29)15-31-16-26(30)28-23(19(5)6)13-10-14-24(28)20(7)8;/h9-14,17-20,25-26H,15-16,29-30H2,1-8H3;/q-1;+1. The van der Waals surface area contributed by atoms with Gasteiger partial charge < -0.3 is 0 Å². The summed E-state index contributed by atoms with van der Waals surface area (Å²) in [5.41, 5.74) is 21.6. The summed E-state index contributed by atoms with van der Waals surface area (Å²) < 4.78 is 2.13. The van der Waals surface area contributed by atoms with E-state index in [1.54, 1.807) is 0 Å². The molecule has 0 spiro atoms. The Kier molecular flexibility index (Phi) is 10.00. The molecule has 2 aromatic carbocycles. The van der Waals surface area contributed by atoms with Gasteiger partial charge in [-0.1, -0.05) is 0 Å². The van der Waals surface area contributed by atoms with E-state index in [4.69, 9.17) is 11.5 Å². The number of benzene rings is 2. The van der Waals surface area contributed by atoms with E-state index in [0.717, 1.165) is 0 Å². The molecule has 178 valence electrons. The molecule has 0 aliphatic carbocycles. The minimum atomic E-state index is -0.0810. The van der Waals surface area contributed by atoms with Gasteiger partial charge in [0.15, 0.2) is 0 Å². The van der Waals surface area contributed by atoms with Gasteiger partial charge >= 0.3 is 206 Å². The van der Waals surface area contributed by atoms with Crippen molar-refractivity contribution in [1.82, 2.24) is 3.92 Å². The molecular weight excluding hydrogens is 433 g/mol. The topological polar surface area (TPSA) is 55.3 Å². The summed E-state index contributed by atoms with van der Waals surface area (Å²) in [6.45, 7) is 19.4. The fraction of sp³-hybridized carbons (Fsp3) is 0.571. The summed E-state index contributed by atoms with van der Waals surface area (Å²) in [4.78, 5) is 0. The average molecular weight is 478 g/mol. The van der Waals surface area contributed by atoms with Gasteiger partial charge in [0.2, 0.25) is 0 Å². The van der Waals surface area contributed by atoms with Crippen molar-refractivity contribution in [3.63, 3.8) is 0 Å². The van der Waals surface area contributed by atoms with E-state index in [-0.39, 0.29) is 12.1 Å². The Bertz CT molecular complexity index is 749. The van der Waals surface area contributed by atoms with Gasteiger partial charge in [0, 0.05) is 0 Å². The van der Waals surface area contributed by atoms with E-state index in [9.17, 15) is 0 Å². The summed E-state index contributed by atoms with van der Waals surface area (Å²) in [5, 5.41) is 0. The maximum absolute atomic E-state index is 6.83. The summed E-state index contributed by atoms with van der Waals surface area (Å²) in [5.74, 6) is 1.75. The second kappa shape index (κ2) is 11.8. The van der Waals surface area contributed by atoms with Gasteiger partial charge in [-0.2, -0.15) is 0 Å². The van der Waals surface area contributed by atoms with Crippen LogP contribution in [0.2, 0.25) is 0 Å². The predicted octanol–water partition coefficient (Wildman–Crippen LogP) is 6.64. The molecule has 2 rings (SSSR count). The van der Waals surface area contributed by atoms with Gasteiger partial charge in [0.25, 0.3) is 0 Å². The van der Waals surface area contributed by atoms with Crippen LogP contribution < -0.4 is 11.5 Å². The number of nitrogens with two attached hydrogens (primary N) is 2. The molecular formula is C28H44MnN3. The molecule has 0 radical (unpaired) electrons. The molecule has 0 saturated heterocycles. The van der Waals surface area contributed by atoms with Crippen molar-refractivity contribution in [3.05, 3.63) is 69.8 Å². The Hall–Kier alpha value is -1.16. The molecule has 0 aliphatic heterocycles. The Morgan fingerprint density at radius 3 is 1.06 bits per heavy atom. The summed E-state index contributed by atoms with van der Waals surface area (Å²) >= 11 is 3.79. The van der Waals surface area contributed by atoms with Crippen molar-refractivity contribution in [2.75, 3.05) is 13.1 Å². The van der Waals surface area contributed by atoms with E-state index in [1.165, 1.54) is 33.4 Å². The van der Waals surface area contributed by atoms with Crippen LogP contribution in [0.5, 0.6) is 0 Å². The average Bonchev–Trinajstić information content (AvgIpc) is 2.71. The maximum atomic E-state index is 6.83. The SMILES string of the molecule is CC(C)c1cccc(C(C)C)c1C(N)C[N]([Mn])CC(N)c1c(C(C)C)cccc1C(C)C. The minimum absolute atomic E-state index is 0.0810. The summed E-state index contributed by atoms with van der Waals surface area (Å²) in [7, 11) is 0. The molecule has 0 aliphatic rings. The second-order valence-corrected chi connectivity index (χ2v) is 11.1. The van der Waals surface area contributed by atoms with E-state index in [1.807, 2.05) is 0 Å². The third-order valence-corrected chi connectivity index (χ3v) is 6.80. The van der Waals surface area contributed by atoms with E-state index in [0.29, 0.717) is 36.8 Å². The third kappa shape index (κ3) is 6.46. The van der Waals surface area contributed by atoms with Crippen LogP contribution in [-0.4, -0.2) is 17.0 Å².